The molecule has 2 rings (SSSR count). The van der Waals surface area contributed by atoms with Crippen molar-refractivity contribution in [3.63, 3.8) is 0 Å². The zero-order valence-corrected chi connectivity index (χ0v) is 12.8. The molecule has 1 aromatic carbocycles. The van der Waals surface area contributed by atoms with Crippen LogP contribution in [0.25, 0.3) is 0 Å². The molecule has 21 heavy (non-hydrogen) atoms. The molecule has 2 aromatic rings. The van der Waals surface area contributed by atoms with Crippen molar-refractivity contribution in [2.75, 3.05) is 19.5 Å². The molecule has 1 heterocycles. The molecule has 0 atom stereocenters. The van der Waals surface area contributed by atoms with Crippen LogP contribution in [-0.4, -0.2) is 30.3 Å². The van der Waals surface area contributed by atoms with Gasteiger partial charge >= 0.3 is 5.97 Å². The van der Waals surface area contributed by atoms with Crippen LogP contribution >= 0.6 is 11.3 Å². The molecule has 0 saturated heterocycles. The predicted octanol–water partition coefficient (Wildman–Crippen LogP) is 3.16. The van der Waals surface area contributed by atoms with Crippen molar-refractivity contribution in [3.8, 4) is 11.5 Å². The lowest BCUT2D eigenvalue weighted by Gasteiger charge is -2.09. The Labute approximate surface area is 126 Å². The molecule has 6 nitrogen and oxygen atoms in total. The molecule has 112 valence electrons. The summed E-state index contributed by atoms with van der Waals surface area (Å²) in [7, 11) is 3.13. The first kappa shape index (κ1) is 15.1. The highest BCUT2D eigenvalue weighted by molar-refractivity contribution is 7.17. The first-order valence-electron chi connectivity index (χ1n) is 6.31. The zero-order chi connectivity index (χ0) is 15.4. The van der Waals surface area contributed by atoms with Crippen LogP contribution in [0.15, 0.2) is 18.2 Å². The van der Waals surface area contributed by atoms with Gasteiger partial charge in [-0.15, -0.1) is 0 Å². The van der Waals surface area contributed by atoms with E-state index in [1.807, 2.05) is 13.0 Å². The van der Waals surface area contributed by atoms with E-state index in [0.29, 0.717) is 28.7 Å². The Bertz CT molecular complexity index is 654. The Morgan fingerprint density at radius 3 is 2.57 bits per heavy atom. The van der Waals surface area contributed by atoms with Crippen LogP contribution in [0.5, 0.6) is 11.5 Å². The standard InChI is InChI=1S/C14H16N2O4S/c1-4-9-12(13(17)18)21-14(16-9)15-8-5-6-10(19-2)11(7-8)20-3/h5-7H,4H2,1-3H3,(H,15,16)(H,17,18). The van der Waals surface area contributed by atoms with Crippen LogP contribution in [0.3, 0.4) is 0 Å². The van der Waals surface area contributed by atoms with Gasteiger partial charge in [-0.25, -0.2) is 9.78 Å². The summed E-state index contributed by atoms with van der Waals surface area (Å²) >= 11 is 1.12. The molecular weight excluding hydrogens is 292 g/mol. The van der Waals surface area contributed by atoms with E-state index in [9.17, 15) is 4.79 Å². The summed E-state index contributed by atoms with van der Waals surface area (Å²) < 4.78 is 10.4. The van der Waals surface area contributed by atoms with Gasteiger partial charge in [0.15, 0.2) is 16.6 Å². The third-order valence-electron chi connectivity index (χ3n) is 2.86. The maximum absolute atomic E-state index is 11.1. The second kappa shape index (κ2) is 6.45. The van der Waals surface area contributed by atoms with E-state index >= 15 is 0 Å². The van der Waals surface area contributed by atoms with Gasteiger partial charge in [-0.05, 0) is 18.6 Å². The Morgan fingerprint density at radius 1 is 1.33 bits per heavy atom. The van der Waals surface area contributed by atoms with Crippen LogP contribution in [0.2, 0.25) is 0 Å². The Balaban J connectivity index is 2.28. The molecule has 0 aliphatic heterocycles. The highest BCUT2D eigenvalue weighted by Gasteiger charge is 2.16. The molecule has 2 N–H and O–H groups in total. The Kier molecular flexibility index (Phi) is 4.64. The molecule has 0 fully saturated rings. The number of anilines is 2. The Morgan fingerprint density at radius 2 is 2.05 bits per heavy atom. The summed E-state index contributed by atoms with van der Waals surface area (Å²) in [6.07, 6.45) is 0.575. The molecule has 0 aliphatic rings. The van der Waals surface area contributed by atoms with Gasteiger partial charge in [-0.1, -0.05) is 18.3 Å². The fraction of sp³-hybridized carbons (Fsp3) is 0.286. The summed E-state index contributed by atoms with van der Waals surface area (Å²) in [5.74, 6) is 0.264. The lowest BCUT2D eigenvalue weighted by Crippen LogP contribution is -1.97. The van der Waals surface area contributed by atoms with E-state index in [2.05, 4.69) is 10.3 Å². The molecule has 0 aliphatic carbocycles. The van der Waals surface area contributed by atoms with Gasteiger partial charge in [0, 0.05) is 11.8 Å². The predicted molar refractivity (Wildman–Crippen MR) is 81.3 cm³/mol. The number of methoxy groups -OCH3 is 2. The van der Waals surface area contributed by atoms with Crippen LogP contribution in [-0.2, 0) is 6.42 Å². The van der Waals surface area contributed by atoms with E-state index in [1.54, 1.807) is 26.4 Å². The first-order chi connectivity index (χ1) is 10.1. The highest BCUT2D eigenvalue weighted by Crippen LogP contribution is 2.32. The van der Waals surface area contributed by atoms with Crippen molar-refractivity contribution < 1.29 is 19.4 Å². The smallest absolute Gasteiger partial charge is 0.347 e. The fourth-order valence-corrected chi connectivity index (χ4v) is 2.76. The molecule has 0 amide bonds. The molecule has 0 bridgehead atoms. The number of carboxylic acid groups (broad SMARTS) is 1. The molecule has 0 saturated carbocycles. The summed E-state index contributed by atoms with van der Waals surface area (Å²) in [5.41, 5.74) is 1.33. The number of nitrogens with one attached hydrogen (secondary N) is 1. The fourth-order valence-electron chi connectivity index (χ4n) is 1.85. The summed E-state index contributed by atoms with van der Waals surface area (Å²) in [6.45, 7) is 1.88. The number of rotatable bonds is 6. The molecule has 7 heteroatoms. The van der Waals surface area contributed by atoms with Crippen molar-refractivity contribution in [1.82, 2.24) is 4.98 Å². The van der Waals surface area contributed by atoms with Gasteiger partial charge < -0.3 is 19.9 Å². The largest absolute Gasteiger partial charge is 0.493 e. The van der Waals surface area contributed by atoms with Gasteiger partial charge in [0.1, 0.15) is 4.88 Å². The number of carboxylic acids is 1. The van der Waals surface area contributed by atoms with Crippen LogP contribution in [0.4, 0.5) is 10.8 Å². The normalized spacial score (nSPS) is 10.2. The molecular formula is C14H16N2O4S. The number of carbonyl (C=O) groups is 1. The van der Waals surface area contributed by atoms with Gasteiger partial charge in [0.2, 0.25) is 0 Å². The van der Waals surface area contributed by atoms with Crippen LogP contribution in [0, 0.1) is 0 Å². The second-order valence-corrected chi connectivity index (χ2v) is 5.15. The quantitative estimate of drug-likeness (QED) is 0.853. The number of aromatic nitrogens is 1. The highest BCUT2D eigenvalue weighted by atomic mass is 32.1. The van der Waals surface area contributed by atoms with Gasteiger partial charge in [-0.3, -0.25) is 0 Å². The van der Waals surface area contributed by atoms with Gasteiger partial charge in [0.25, 0.3) is 0 Å². The SMILES string of the molecule is CCc1nc(Nc2ccc(OC)c(OC)c2)sc1C(=O)O. The third-order valence-corrected chi connectivity index (χ3v) is 3.86. The topological polar surface area (TPSA) is 80.7 Å². The average molecular weight is 308 g/mol. The minimum atomic E-state index is -0.954. The van der Waals surface area contributed by atoms with Crippen molar-refractivity contribution in [2.45, 2.75) is 13.3 Å². The molecule has 0 radical (unpaired) electrons. The van der Waals surface area contributed by atoms with Crippen LogP contribution < -0.4 is 14.8 Å². The number of aromatic carboxylic acids is 1. The molecule has 0 unspecified atom stereocenters. The first-order valence-corrected chi connectivity index (χ1v) is 7.12. The number of thiazole rings is 1. The van der Waals surface area contributed by atoms with E-state index in [4.69, 9.17) is 14.6 Å². The van der Waals surface area contributed by atoms with Crippen molar-refractivity contribution in [1.29, 1.82) is 0 Å². The van der Waals surface area contributed by atoms with Crippen molar-refractivity contribution in [3.05, 3.63) is 28.8 Å². The number of benzene rings is 1. The number of hydrogen-bond acceptors (Lipinski definition) is 6. The van der Waals surface area contributed by atoms with E-state index in [1.165, 1.54) is 0 Å². The van der Waals surface area contributed by atoms with Gasteiger partial charge in [-0.2, -0.15) is 0 Å². The van der Waals surface area contributed by atoms with E-state index in [-0.39, 0.29) is 4.88 Å². The minimum absolute atomic E-state index is 0.264. The van der Waals surface area contributed by atoms with Gasteiger partial charge in [0.05, 0.1) is 19.9 Å². The van der Waals surface area contributed by atoms with E-state index < -0.39 is 5.97 Å². The second-order valence-electron chi connectivity index (χ2n) is 4.15. The number of nitrogens with zero attached hydrogens (tertiary/aromatic N) is 1. The number of aryl methyl sites for hydroxylation is 1. The van der Waals surface area contributed by atoms with Crippen LogP contribution in [0.1, 0.15) is 22.3 Å². The third kappa shape index (κ3) is 3.25. The van der Waals surface area contributed by atoms with E-state index in [0.717, 1.165) is 17.0 Å². The minimum Gasteiger partial charge on any atom is -0.493 e. The summed E-state index contributed by atoms with van der Waals surface area (Å²) in [5, 5.41) is 12.8. The molecule has 1 aromatic heterocycles. The number of hydrogen-bond donors (Lipinski definition) is 2. The lowest BCUT2D eigenvalue weighted by atomic mass is 10.3. The molecule has 0 spiro atoms. The lowest BCUT2D eigenvalue weighted by molar-refractivity contribution is 0.0701. The zero-order valence-electron chi connectivity index (χ0n) is 12.0. The van der Waals surface area contributed by atoms with Crippen molar-refractivity contribution in [2.24, 2.45) is 0 Å². The summed E-state index contributed by atoms with van der Waals surface area (Å²) in [4.78, 5) is 15.7. The monoisotopic (exact) mass is 308 g/mol. The Hall–Kier alpha value is -2.28. The number of ether oxygens (including phenoxy) is 2. The van der Waals surface area contributed by atoms with Crippen molar-refractivity contribution >= 4 is 28.1 Å². The maximum atomic E-state index is 11.1. The maximum Gasteiger partial charge on any atom is 0.347 e. The summed E-state index contributed by atoms with van der Waals surface area (Å²) in [6, 6.07) is 5.36. The average Bonchev–Trinajstić information content (AvgIpc) is 2.90.